The maximum absolute atomic E-state index is 12.3. The maximum Gasteiger partial charge on any atom is 0.236 e. The van der Waals surface area contributed by atoms with E-state index in [0.29, 0.717) is 13.2 Å². The molecule has 2 fully saturated rings. The molecule has 1 N–H and O–H groups in total. The summed E-state index contributed by atoms with van der Waals surface area (Å²) in [6.07, 6.45) is 2.21. The van der Waals surface area contributed by atoms with Crippen LogP contribution in [0.15, 0.2) is 12.1 Å². The van der Waals surface area contributed by atoms with E-state index < -0.39 is 0 Å². The van der Waals surface area contributed by atoms with Gasteiger partial charge in [0.15, 0.2) is 0 Å². The Bertz CT molecular complexity index is 558. The average molecular weight is 318 g/mol. The maximum atomic E-state index is 12.3. The monoisotopic (exact) mass is 318 g/mol. The quantitative estimate of drug-likeness (QED) is 0.910. The van der Waals surface area contributed by atoms with Crippen molar-refractivity contribution in [1.29, 1.82) is 0 Å². The second-order valence-corrected chi connectivity index (χ2v) is 6.35. The van der Waals surface area contributed by atoms with Crippen LogP contribution in [0.4, 0.5) is 5.69 Å². The van der Waals surface area contributed by atoms with Gasteiger partial charge >= 0.3 is 0 Å². The first-order valence-electron chi connectivity index (χ1n) is 8.44. The van der Waals surface area contributed by atoms with E-state index in [1.54, 1.807) is 0 Å². The summed E-state index contributed by atoms with van der Waals surface area (Å²) in [5, 5.41) is 3.16. The summed E-state index contributed by atoms with van der Waals surface area (Å²) < 4.78 is 5.90. The molecular formula is C17H26N4O2. The lowest BCUT2D eigenvalue weighted by Gasteiger charge is -2.33. The molecule has 1 aromatic heterocycles. The van der Waals surface area contributed by atoms with E-state index in [1.807, 2.05) is 31.0 Å². The molecule has 0 saturated carbocycles. The van der Waals surface area contributed by atoms with Gasteiger partial charge in [-0.2, -0.15) is 0 Å². The fourth-order valence-electron chi connectivity index (χ4n) is 3.29. The molecule has 0 aliphatic carbocycles. The Morgan fingerprint density at radius 2 is 2.13 bits per heavy atom. The van der Waals surface area contributed by atoms with Gasteiger partial charge in [-0.1, -0.05) is 0 Å². The van der Waals surface area contributed by atoms with Crippen LogP contribution in [-0.2, 0) is 9.53 Å². The van der Waals surface area contributed by atoms with Crippen LogP contribution >= 0.6 is 0 Å². The molecule has 6 heteroatoms. The number of ether oxygens (including phenoxy) is 1. The fraction of sp³-hybridized carbons (Fsp3) is 0.647. The third-order valence-electron chi connectivity index (χ3n) is 4.56. The fourth-order valence-corrected chi connectivity index (χ4v) is 3.29. The number of aromatic nitrogens is 1. The number of anilines is 1. The number of amides is 1. The molecule has 0 bridgehead atoms. The van der Waals surface area contributed by atoms with Crippen molar-refractivity contribution in [3.63, 3.8) is 0 Å². The standard InChI is InChI=1S/C17H26N4O2/c1-13-9-14(18-2)10-15(19-13)16-11-20(7-8-23-16)12-17(22)21-5-3-4-6-21/h9-10,16H,3-8,11-12H2,1-2H3,(H,18,19)/t16-/m1/s1. The first-order chi connectivity index (χ1) is 11.2. The number of rotatable bonds is 4. The lowest BCUT2D eigenvalue weighted by Crippen LogP contribution is -2.45. The first kappa shape index (κ1) is 16.2. The zero-order valence-corrected chi connectivity index (χ0v) is 14.0. The van der Waals surface area contributed by atoms with Crippen LogP contribution in [-0.4, -0.2) is 67.1 Å². The highest BCUT2D eigenvalue weighted by Crippen LogP contribution is 2.24. The third-order valence-corrected chi connectivity index (χ3v) is 4.56. The number of hydrogen-bond donors (Lipinski definition) is 1. The normalized spacial score (nSPS) is 22.3. The lowest BCUT2D eigenvalue weighted by molar-refractivity contribution is -0.133. The van der Waals surface area contributed by atoms with Crippen molar-refractivity contribution < 1.29 is 9.53 Å². The Labute approximate surface area is 137 Å². The van der Waals surface area contributed by atoms with Gasteiger partial charge in [0.2, 0.25) is 5.91 Å². The van der Waals surface area contributed by atoms with E-state index in [0.717, 1.165) is 56.1 Å². The van der Waals surface area contributed by atoms with Crippen LogP contribution in [0.2, 0.25) is 0 Å². The highest BCUT2D eigenvalue weighted by molar-refractivity contribution is 5.78. The molecule has 0 spiro atoms. The van der Waals surface area contributed by atoms with Crippen LogP contribution in [0, 0.1) is 6.92 Å². The number of carbonyl (C=O) groups excluding carboxylic acids is 1. The van der Waals surface area contributed by atoms with Crippen LogP contribution < -0.4 is 5.32 Å². The Hall–Kier alpha value is -1.66. The Kier molecular flexibility index (Phi) is 5.13. The number of nitrogens with one attached hydrogen (secondary N) is 1. The largest absolute Gasteiger partial charge is 0.388 e. The van der Waals surface area contributed by atoms with E-state index >= 15 is 0 Å². The Balaban J connectivity index is 1.63. The molecule has 0 unspecified atom stereocenters. The summed E-state index contributed by atoms with van der Waals surface area (Å²) >= 11 is 0. The molecule has 0 radical (unpaired) electrons. The topological polar surface area (TPSA) is 57.7 Å². The number of likely N-dealkylation sites (tertiary alicyclic amines) is 1. The minimum Gasteiger partial charge on any atom is -0.388 e. The van der Waals surface area contributed by atoms with Crippen molar-refractivity contribution in [2.75, 3.05) is 51.7 Å². The van der Waals surface area contributed by atoms with Gasteiger partial charge in [-0.3, -0.25) is 14.7 Å². The first-order valence-corrected chi connectivity index (χ1v) is 8.44. The molecule has 0 aromatic carbocycles. The second kappa shape index (κ2) is 7.27. The number of morpholine rings is 1. The summed E-state index contributed by atoms with van der Waals surface area (Å²) in [4.78, 5) is 21.1. The average Bonchev–Trinajstić information content (AvgIpc) is 3.09. The Morgan fingerprint density at radius 3 is 2.87 bits per heavy atom. The van der Waals surface area contributed by atoms with Crippen molar-refractivity contribution in [3.05, 3.63) is 23.5 Å². The molecular weight excluding hydrogens is 292 g/mol. The van der Waals surface area contributed by atoms with Crippen molar-refractivity contribution in [2.24, 2.45) is 0 Å². The number of nitrogens with zero attached hydrogens (tertiary/aromatic N) is 3. The van der Waals surface area contributed by atoms with E-state index in [2.05, 4.69) is 15.2 Å². The minimum atomic E-state index is -0.0675. The lowest BCUT2D eigenvalue weighted by atomic mass is 10.1. The molecule has 2 saturated heterocycles. The highest BCUT2D eigenvalue weighted by atomic mass is 16.5. The number of aryl methyl sites for hydroxylation is 1. The summed E-state index contributed by atoms with van der Waals surface area (Å²) in [6, 6.07) is 4.05. The zero-order valence-electron chi connectivity index (χ0n) is 14.0. The number of hydrogen-bond acceptors (Lipinski definition) is 5. The van der Waals surface area contributed by atoms with E-state index in [1.165, 1.54) is 0 Å². The van der Waals surface area contributed by atoms with Gasteiger partial charge in [-0.25, -0.2) is 0 Å². The van der Waals surface area contributed by atoms with Crippen LogP contribution in [0.1, 0.15) is 30.3 Å². The molecule has 1 atom stereocenters. The van der Waals surface area contributed by atoms with Crippen LogP contribution in [0.5, 0.6) is 0 Å². The molecule has 23 heavy (non-hydrogen) atoms. The minimum absolute atomic E-state index is 0.0675. The predicted octanol–water partition coefficient (Wildman–Crippen LogP) is 1.43. The van der Waals surface area contributed by atoms with Gasteiger partial charge < -0.3 is 15.0 Å². The molecule has 3 heterocycles. The zero-order chi connectivity index (χ0) is 16.2. The number of carbonyl (C=O) groups is 1. The van der Waals surface area contributed by atoms with Crippen molar-refractivity contribution in [1.82, 2.24) is 14.8 Å². The predicted molar refractivity (Wildman–Crippen MR) is 89.5 cm³/mol. The van der Waals surface area contributed by atoms with Crippen LogP contribution in [0.3, 0.4) is 0 Å². The van der Waals surface area contributed by atoms with E-state index in [9.17, 15) is 4.79 Å². The van der Waals surface area contributed by atoms with Gasteiger partial charge in [0.05, 0.1) is 18.8 Å². The third kappa shape index (κ3) is 4.00. The SMILES string of the molecule is CNc1cc(C)nc([C@H]2CN(CC(=O)N3CCCC3)CCO2)c1. The van der Waals surface area contributed by atoms with Gasteiger partial charge in [0, 0.05) is 44.6 Å². The van der Waals surface area contributed by atoms with E-state index in [-0.39, 0.29) is 12.0 Å². The molecule has 126 valence electrons. The molecule has 2 aliphatic rings. The molecule has 1 aromatic rings. The summed E-state index contributed by atoms with van der Waals surface area (Å²) in [6.45, 7) is 6.48. The molecule has 6 nitrogen and oxygen atoms in total. The smallest absolute Gasteiger partial charge is 0.236 e. The molecule has 2 aliphatic heterocycles. The molecule has 3 rings (SSSR count). The van der Waals surface area contributed by atoms with Gasteiger partial charge in [-0.15, -0.1) is 0 Å². The van der Waals surface area contributed by atoms with Gasteiger partial charge in [0.25, 0.3) is 0 Å². The van der Waals surface area contributed by atoms with Crippen molar-refractivity contribution in [3.8, 4) is 0 Å². The Morgan fingerprint density at radius 1 is 1.35 bits per heavy atom. The highest BCUT2D eigenvalue weighted by Gasteiger charge is 2.27. The van der Waals surface area contributed by atoms with Crippen molar-refractivity contribution >= 4 is 11.6 Å². The van der Waals surface area contributed by atoms with Gasteiger partial charge in [0.1, 0.15) is 6.10 Å². The van der Waals surface area contributed by atoms with E-state index in [4.69, 9.17) is 4.74 Å². The van der Waals surface area contributed by atoms with Crippen molar-refractivity contribution in [2.45, 2.75) is 25.9 Å². The summed E-state index contributed by atoms with van der Waals surface area (Å²) in [5.74, 6) is 0.247. The summed E-state index contributed by atoms with van der Waals surface area (Å²) in [5.41, 5.74) is 2.95. The number of pyridine rings is 1. The second-order valence-electron chi connectivity index (χ2n) is 6.35. The molecule has 1 amide bonds. The summed E-state index contributed by atoms with van der Waals surface area (Å²) in [7, 11) is 1.90. The van der Waals surface area contributed by atoms with Gasteiger partial charge in [-0.05, 0) is 31.9 Å². The van der Waals surface area contributed by atoms with Crippen LogP contribution in [0.25, 0.3) is 0 Å².